The molecule has 1 aromatic carbocycles. The van der Waals surface area contributed by atoms with E-state index in [0.29, 0.717) is 11.6 Å². The molecule has 3 aliphatic rings. The predicted octanol–water partition coefficient (Wildman–Crippen LogP) is 3.35. The van der Waals surface area contributed by atoms with E-state index in [1.807, 2.05) is 35.2 Å². The van der Waals surface area contributed by atoms with E-state index in [4.69, 9.17) is 0 Å². The average molecular weight is 377 g/mol. The Morgan fingerprint density at radius 3 is 2.64 bits per heavy atom. The molecule has 4 heterocycles. The first-order chi connectivity index (χ1) is 13.8. The third-order valence-corrected chi connectivity index (χ3v) is 6.52. The average Bonchev–Trinajstić information content (AvgIpc) is 3.42. The fourth-order valence-corrected chi connectivity index (χ4v) is 4.94. The number of likely N-dealkylation sites (tertiary alicyclic amines) is 1. The van der Waals surface area contributed by atoms with E-state index in [1.54, 1.807) is 6.20 Å². The zero-order valence-corrected chi connectivity index (χ0v) is 16.4. The smallest absolute Gasteiger partial charge is 0.259 e. The van der Waals surface area contributed by atoms with Crippen LogP contribution < -0.4 is 9.80 Å². The van der Waals surface area contributed by atoms with Crippen LogP contribution in [0.3, 0.4) is 0 Å². The molecule has 146 valence electrons. The Kier molecular flexibility index (Phi) is 4.77. The van der Waals surface area contributed by atoms with Gasteiger partial charge in [-0.05, 0) is 62.5 Å². The number of carbonyl (C=O) groups is 1. The second-order valence-corrected chi connectivity index (χ2v) is 8.23. The van der Waals surface area contributed by atoms with Crippen LogP contribution in [0.4, 0.5) is 11.5 Å². The van der Waals surface area contributed by atoms with Crippen LogP contribution in [-0.4, -0.2) is 54.6 Å². The van der Waals surface area contributed by atoms with E-state index in [1.165, 1.54) is 44.3 Å². The Labute approximate surface area is 167 Å². The van der Waals surface area contributed by atoms with Gasteiger partial charge in [-0.3, -0.25) is 9.69 Å². The monoisotopic (exact) mass is 376 g/mol. The van der Waals surface area contributed by atoms with E-state index in [0.717, 1.165) is 37.6 Å². The van der Waals surface area contributed by atoms with Crippen molar-refractivity contribution < 1.29 is 4.79 Å². The first-order valence-electron chi connectivity index (χ1n) is 10.6. The minimum Gasteiger partial charge on any atom is -0.355 e. The highest BCUT2D eigenvalue weighted by Gasteiger charge is 2.30. The molecule has 3 aliphatic heterocycles. The molecule has 1 atom stereocenters. The standard InChI is InChI=1S/C23H28N4O/c28-23(27-15-10-18-6-2-3-7-21(18)27)19-8-9-22(24-16-19)26-14-11-20(17-26)25-12-4-1-5-13-25/h2-3,6-9,16,20H,1,4-5,10-15,17H2/t20-/m0/s1. The lowest BCUT2D eigenvalue weighted by Crippen LogP contribution is -2.41. The Bertz CT molecular complexity index is 844. The molecule has 0 unspecified atom stereocenters. The van der Waals surface area contributed by atoms with E-state index in [-0.39, 0.29) is 5.91 Å². The van der Waals surface area contributed by atoms with Crippen LogP contribution in [0.1, 0.15) is 41.6 Å². The lowest BCUT2D eigenvalue weighted by Gasteiger charge is -2.32. The normalized spacial score (nSPS) is 22.5. The number of pyridine rings is 1. The Hall–Kier alpha value is -2.40. The Balaban J connectivity index is 1.26. The molecular weight excluding hydrogens is 348 g/mol. The van der Waals surface area contributed by atoms with Gasteiger partial charge in [0, 0.05) is 37.6 Å². The molecule has 2 saturated heterocycles. The van der Waals surface area contributed by atoms with Crippen LogP contribution >= 0.6 is 0 Å². The van der Waals surface area contributed by atoms with Crippen molar-refractivity contribution in [3.05, 3.63) is 53.7 Å². The number of piperidine rings is 1. The number of amides is 1. The number of hydrogen-bond acceptors (Lipinski definition) is 4. The number of para-hydroxylation sites is 1. The van der Waals surface area contributed by atoms with Gasteiger partial charge in [0.2, 0.25) is 0 Å². The number of anilines is 2. The van der Waals surface area contributed by atoms with E-state index >= 15 is 0 Å². The van der Waals surface area contributed by atoms with Gasteiger partial charge in [0.05, 0.1) is 5.56 Å². The molecule has 0 spiro atoms. The van der Waals surface area contributed by atoms with Gasteiger partial charge >= 0.3 is 0 Å². The molecule has 2 fully saturated rings. The summed E-state index contributed by atoms with van der Waals surface area (Å²) in [7, 11) is 0. The Morgan fingerprint density at radius 2 is 1.82 bits per heavy atom. The molecule has 0 N–H and O–H groups in total. The van der Waals surface area contributed by atoms with Gasteiger partial charge in [-0.15, -0.1) is 0 Å². The number of carbonyl (C=O) groups excluding carboxylic acids is 1. The summed E-state index contributed by atoms with van der Waals surface area (Å²) in [6.07, 6.45) is 7.96. The summed E-state index contributed by atoms with van der Waals surface area (Å²) in [4.78, 5) is 24.5. The first-order valence-corrected chi connectivity index (χ1v) is 10.6. The summed E-state index contributed by atoms with van der Waals surface area (Å²) in [5.41, 5.74) is 2.97. The molecule has 1 aromatic heterocycles. The molecule has 0 bridgehead atoms. The van der Waals surface area contributed by atoms with Crippen molar-refractivity contribution in [3.63, 3.8) is 0 Å². The van der Waals surface area contributed by atoms with Gasteiger partial charge in [-0.1, -0.05) is 24.6 Å². The highest BCUT2D eigenvalue weighted by Crippen LogP contribution is 2.29. The molecule has 0 saturated carbocycles. The highest BCUT2D eigenvalue weighted by molar-refractivity contribution is 6.07. The van der Waals surface area contributed by atoms with Gasteiger partial charge in [0.1, 0.15) is 5.82 Å². The van der Waals surface area contributed by atoms with Crippen molar-refractivity contribution >= 4 is 17.4 Å². The van der Waals surface area contributed by atoms with Crippen molar-refractivity contribution in [3.8, 4) is 0 Å². The molecule has 5 rings (SSSR count). The number of rotatable bonds is 3. The van der Waals surface area contributed by atoms with Crippen LogP contribution in [0, 0.1) is 0 Å². The molecule has 0 aliphatic carbocycles. The van der Waals surface area contributed by atoms with Gasteiger partial charge < -0.3 is 9.80 Å². The van der Waals surface area contributed by atoms with Crippen LogP contribution in [0.25, 0.3) is 0 Å². The van der Waals surface area contributed by atoms with Crippen molar-refractivity contribution in [1.29, 1.82) is 0 Å². The lowest BCUT2D eigenvalue weighted by molar-refractivity contribution is 0.0989. The molecule has 1 amide bonds. The maximum Gasteiger partial charge on any atom is 0.259 e. The van der Waals surface area contributed by atoms with E-state index in [2.05, 4.69) is 20.9 Å². The third kappa shape index (κ3) is 3.28. The lowest BCUT2D eigenvalue weighted by atomic mass is 10.1. The molecule has 5 heteroatoms. The van der Waals surface area contributed by atoms with Crippen LogP contribution in [0.15, 0.2) is 42.6 Å². The van der Waals surface area contributed by atoms with Gasteiger partial charge in [-0.25, -0.2) is 4.98 Å². The maximum atomic E-state index is 13.0. The fourth-order valence-electron chi connectivity index (χ4n) is 4.94. The van der Waals surface area contributed by atoms with Crippen LogP contribution in [0.2, 0.25) is 0 Å². The highest BCUT2D eigenvalue weighted by atomic mass is 16.2. The predicted molar refractivity (Wildman–Crippen MR) is 112 cm³/mol. The van der Waals surface area contributed by atoms with E-state index < -0.39 is 0 Å². The maximum absolute atomic E-state index is 13.0. The number of benzene rings is 1. The Morgan fingerprint density at radius 1 is 0.964 bits per heavy atom. The summed E-state index contributed by atoms with van der Waals surface area (Å²) in [5.74, 6) is 1.05. The van der Waals surface area contributed by atoms with E-state index in [9.17, 15) is 4.79 Å². The zero-order chi connectivity index (χ0) is 18.9. The number of hydrogen-bond donors (Lipinski definition) is 0. The molecular formula is C23H28N4O. The number of fused-ring (bicyclic) bond motifs is 1. The molecule has 28 heavy (non-hydrogen) atoms. The van der Waals surface area contributed by atoms with Crippen LogP contribution in [-0.2, 0) is 6.42 Å². The first kappa shape index (κ1) is 17.7. The molecule has 5 nitrogen and oxygen atoms in total. The summed E-state index contributed by atoms with van der Waals surface area (Å²) in [6.45, 7) is 5.36. The van der Waals surface area contributed by atoms with Gasteiger partial charge in [-0.2, -0.15) is 0 Å². The summed E-state index contributed by atoms with van der Waals surface area (Å²) in [5, 5.41) is 0. The quantitative estimate of drug-likeness (QED) is 0.824. The largest absolute Gasteiger partial charge is 0.355 e. The number of aromatic nitrogens is 1. The van der Waals surface area contributed by atoms with Crippen LogP contribution in [0.5, 0.6) is 0 Å². The minimum absolute atomic E-state index is 0.0524. The summed E-state index contributed by atoms with van der Waals surface area (Å²) in [6, 6.07) is 12.8. The topological polar surface area (TPSA) is 39.7 Å². The second kappa shape index (κ2) is 7.55. The van der Waals surface area contributed by atoms with Crippen molar-refractivity contribution in [2.24, 2.45) is 0 Å². The van der Waals surface area contributed by atoms with Gasteiger partial charge in [0.25, 0.3) is 5.91 Å². The SMILES string of the molecule is O=C(c1ccc(N2CC[C@H](N3CCCCC3)C2)nc1)N1CCc2ccccc21. The van der Waals surface area contributed by atoms with Gasteiger partial charge in [0.15, 0.2) is 0 Å². The van der Waals surface area contributed by atoms with Crippen molar-refractivity contribution in [2.45, 2.75) is 38.1 Å². The second-order valence-electron chi connectivity index (χ2n) is 8.23. The minimum atomic E-state index is 0.0524. The van der Waals surface area contributed by atoms with Crippen molar-refractivity contribution in [2.75, 3.05) is 42.5 Å². The summed E-state index contributed by atoms with van der Waals surface area (Å²) < 4.78 is 0. The third-order valence-electron chi connectivity index (χ3n) is 6.52. The molecule has 0 radical (unpaired) electrons. The van der Waals surface area contributed by atoms with Crippen molar-refractivity contribution in [1.82, 2.24) is 9.88 Å². The fraction of sp³-hybridized carbons (Fsp3) is 0.478. The molecule has 2 aromatic rings. The summed E-state index contributed by atoms with van der Waals surface area (Å²) >= 11 is 0. The zero-order valence-electron chi connectivity index (χ0n) is 16.4. The number of nitrogens with zero attached hydrogens (tertiary/aromatic N) is 4.